The normalized spacial score (nSPS) is 18.7. The molecule has 2 aromatic heterocycles. The smallest absolute Gasteiger partial charge is 0.246 e. The van der Waals surface area contributed by atoms with Crippen molar-refractivity contribution < 1.29 is 19.8 Å². The number of hydrogen-bond donors (Lipinski definition) is 3. The van der Waals surface area contributed by atoms with Crippen molar-refractivity contribution in [1.82, 2.24) is 29.4 Å². The van der Waals surface area contributed by atoms with Crippen LogP contribution in [0.5, 0.6) is 0 Å². The Labute approximate surface area is 207 Å². The minimum atomic E-state index is -0.750. The zero-order valence-electron chi connectivity index (χ0n) is 20.0. The van der Waals surface area contributed by atoms with Crippen LogP contribution in [-0.4, -0.2) is 64.8 Å². The van der Waals surface area contributed by atoms with Gasteiger partial charge >= 0.3 is 0 Å². The molecule has 2 amide bonds. The Morgan fingerprint density at radius 3 is 2.63 bits per heavy atom. The highest BCUT2D eigenvalue weighted by atomic mass is 32.1. The van der Waals surface area contributed by atoms with Crippen molar-refractivity contribution in [2.45, 2.75) is 58.5 Å². The third-order valence-corrected chi connectivity index (χ3v) is 7.01. The van der Waals surface area contributed by atoms with Crippen molar-refractivity contribution >= 4 is 23.3 Å². The topological polar surface area (TPSA) is 133 Å². The number of nitrogens with one attached hydrogen (secondary N) is 1. The highest BCUT2D eigenvalue weighted by molar-refractivity contribution is 7.09. The zero-order chi connectivity index (χ0) is 25.1. The molecule has 3 heterocycles. The highest BCUT2D eigenvalue weighted by Gasteiger charge is 2.42. The van der Waals surface area contributed by atoms with Crippen LogP contribution in [0.3, 0.4) is 0 Å². The van der Waals surface area contributed by atoms with Gasteiger partial charge in [0.1, 0.15) is 17.8 Å². The van der Waals surface area contributed by atoms with E-state index in [1.807, 2.05) is 51.2 Å². The van der Waals surface area contributed by atoms with Crippen LogP contribution in [0, 0.1) is 12.8 Å². The van der Waals surface area contributed by atoms with Gasteiger partial charge in [-0.15, -0.1) is 5.10 Å². The van der Waals surface area contributed by atoms with Crippen LogP contribution in [-0.2, 0) is 22.7 Å². The number of carbonyl (C=O) groups is 2. The average Bonchev–Trinajstić information content (AvgIpc) is 3.57. The zero-order valence-corrected chi connectivity index (χ0v) is 20.8. The van der Waals surface area contributed by atoms with Gasteiger partial charge in [-0.2, -0.15) is 0 Å². The molecule has 0 spiro atoms. The molecule has 0 bridgehead atoms. The molecule has 1 aliphatic rings. The highest BCUT2D eigenvalue weighted by Crippen LogP contribution is 2.28. The third kappa shape index (κ3) is 5.42. The number of likely N-dealkylation sites (tertiary alicyclic amines) is 1. The van der Waals surface area contributed by atoms with Crippen LogP contribution in [0.25, 0.3) is 10.4 Å². The SMILES string of the molecule is Cc1cn([C@H](C(=O)N2C[C@H](O)C[C@H]2C(=O)NCc2ccc(-c3snnc3CO)cc2)C(C)C)cn1. The number of aryl methyl sites for hydroxylation is 1. The monoisotopic (exact) mass is 498 g/mol. The fourth-order valence-corrected chi connectivity index (χ4v) is 5.11. The van der Waals surface area contributed by atoms with Crippen LogP contribution in [0.4, 0.5) is 0 Å². The predicted molar refractivity (Wildman–Crippen MR) is 130 cm³/mol. The van der Waals surface area contributed by atoms with E-state index < -0.39 is 18.2 Å². The summed E-state index contributed by atoms with van der Waals surface area (Å²) in [4.78, 5) is 33.1. The number of aliphatic hydroxyl groups excluding tert-OH is 2. The largest absolute Gasteiger partial charge is 0.391 e. The lowest BCUT2D eigenvalue weighted by molar-refractivity contribution is -0.142. The van der Waals surface area contributed by atoms with Crippen molar-refractivity contribution in [3.8, 4) is 10.4 Å². The molecule has 1 fully saturated rings. The Morgan fingerprint density at radius 2 is 2.00 bits per heavy atom. The first-order valence-electron chi connectivity index (χ1n) is 11.6. The fourth-order valence-electron chi connectivity index (χ4n) is 4.44. The van der Waals surface area contributed by atoms with E-state index in [-0.39, 0.29) is 43.8 Å². The second-order valence-corrected chi connectivity index (χ2v) is 9.92. The number of hydrogen-bond acceptors (Lipinski definition) is 8. The van der Waals surface area contributed by atoms with E-state index in [1.165, 1.54) is 16.4 Å². The first-order chi connectivity index (χ1) is 16.8. The van der Waals surface area contributed by atoms with Crippen molar-refractivity contribution in [3.05, 3.63) is 53.7 Å². The van der Waals surface area contributed by atoms with E-state index in [4.69, 9.17) is 0 Å². The summed E-state index contributed by atoms with van der Waals surface area (Å²) in [6.45, 7) is 6.00. The lowest BCUT2D eigenvalue weighted by Gasteiger charge is -2.30. The maximum absolute atomic E-state index is 13.5. The summed E-state index contributed by atoms with van der Waals surface area (Å²) in [6, 6.07) is 6.32. The number of amides is 2. The van der Waals surface area contributed by atoms with E-state index in [0.717, 1.165) is 21.7 Å². The molecule has 0 aliphatic carbocycles. The molecule has 1 aliphatic heterocycles. The van der Waals surface area contributed by atoms with Crippen LogP contribution in [0.1, 0.15) is 43.3 Å². The molecule has 35 heavy (non-hydrogen) atoms. The molecule has 4 rings (SSSR count). The number of β-amino-alcohol motifs (C(OH)–C–C–N with tert-alkyl or cyclic N) is 1. The Hall–Kier alpha value is -3.15. The number of rotatable bonds is 8. The van der Waals surface area contributed by atoms with Gasteiger partial charge in [0.15, 0.2) is 0 Å². The molecule has 186 valence electrons. The van der Waals surface area contributed by atoms with E-state index >= 15 is 0 Å². The molecule has 3 N–H and O–H groups in total. The lowest BCUT2D eigenvalue weighted by atomic mass is 10.0. The van der Waals surface area contributed by atoms with Gasteiger partial charge in [-0.05, 0) is 35.5 Å². The molecule has 0 radical (unpaired) electrons. The molecule has 0 unspecified atom stereocenters. The van der Waals surface area contributed by atoms with Gasteiger partial charge in [-0.3, -0.25) is 9.59 Å². The predicted octanol–water partition coefficient (Wildman–Crippen LogP) is 1.68. The van der Waals surface area contributed by atoms with Crippen molar-refractivity contribution in [3.63, 3.8) is 0 Å². The molecular weight excluding hydrogens is 468 g/mol. The van der Waals surface area contributed by atoms with Gasteiger partial charge in [-0.25, -0.2) is 4.98 Å². The van der Waals surface area contributed by atoms with Crippen LogP contribution in [0.15, 0.2) is 36.8 Å². The maximum atomic E-state index is 13.5. The summed E-state index contributed by atoms with van der Waals surface area (Å²) in [6.07, 6.45) is 2.90. The Kier molecular flexibility index (Phi) is 7.58. The average molecular weight is 499 g/mol. The minimum absolute atomic E-state index is 0.0174. The molecule has 3 atom stereocenters. The minimum Gasteiger partial charge on any atom is -0.391 e. The first kappa shape index (κ1) is 25.0. The summed E-state index contributed by atoms with van der Waals surface area (Å²) in [5.41, 5.74) is 3.12. The van der Waals surface area contributed by atoms with Crippen LogP contribution in [0.2, 0.25) is 0 Å². The van der Waals surface area contributed by atoms with Crippen molar-refractivity contribution in [2.24, 2.45) is 5.92 Å². The summed E-state index contributed by atoms with van der Waals surface area (Å²) >= 11 is 1.22. The molecule has 1 saturated heterocycles. The van der Waals surface area contributed by atoms with Crippen LogP contribution >= 0.6 is 11.5 Å². The molecule has 1 aromatic carbocycles. The second kappa shape index (κ2) is 10.6. The molecule has 11 heteroatoms. The molecular formula is C24H30N6O4S. The Morgan fingerprint density at radius 1 is 1.26 bits per heavy atom. The summed E-state index contributed by atoms with van der Waals surface area (Å²) in [5.74, 6) is -0.509. The number of imidazole rings is 1. The second-order valence-electron chi connectivity index (χ2n) is 9.17. The molecule has 10 nitrogen and oxygen atoms in total. The van der Waals surface area contributed by atoms with Gasteiger partial charge in [0, 0.05) is 25.7 Å². The van der Waals surface area contributed by atoms with Crippen molar-refractivity contribution in [2.75, 3.05) is 6.54 Å². The van der Waals surface area contributed by atoms with E-state index in [0.29, 0.717) is 5.69 Å². The fraction of sp³-hybridized carbons (Fsp3) is 0.458. The Bertz CT molecular complexity index is 1170. The van der Waals surface area contributed by atoms with Gasteiger partial charge < -0.3 is 25.0 Å². The number of aliphatic hydroxyl groups is 2. The van der Waals surface area contributed by atoms with Gasteiger partial charge in [0.2, 0.25) is 11.8 Å². The molecule has 0 saturated carbocycles. The standard InChI is InChI=1S/C24H30N6O4S/c1-14(2)21(29-10-15(3)26-13-29)24(34)30-11-18(32)8-20(30)23(33)25-9-16-4-6-17(7-5-16)22-19(12-31)27-28-35-22/h4-7,10,13-14,18,20-21,31-32H,8-9,11-12H2,1-3H3,(H,25,33)/t18-,20+,21+/m1/s1. The van der Waals surface area contributed by atoms with Gasteiger partial charge in [0.05, 0.1) is 29.6 Å². The number of benzene rings is 1. The van der Waals surface area contributed by atoms with E-state index in [2.05, 4.69) is 19.9 Å². The third-order valence-electron chi connectivity index (χ3n) is 6.19. The first-order valence-corrected chi connectivity index (χ1v) is 12.3. The van der Waals surface area contributed by atoms with Gasteiger partial charge in [-0.1, -0.05) is 42.6 Å². The molecule has 3 aromatic rings. The summed E-state index contributed by atoms with van der Waals surface area (Å²) in [5, 5.41) is 26.5. The van der Waals surface area contributed by atoms with E-state index in [9.17, 15) is 19.8 Å². The quantitative estimate of drug-likeness (QED) is 0.430. The Balaban J connectivity index is 1.43. The van der Waals surface area contributed by atoms with Crippen molar-refractivity contribution in [1.29, 1.82) is 0 Å². The maximum Gasteiger partial charge on any atom is 0.246 e. The number of carbonyl (C=O) groups excluding carboxylic acids is 2. The summed E-state index contributed by atoms with van der Waals surface area (Å²) in [7, 11) is 0. The number of aromatic nitrogens is 4. The van der Waals surface area contributed by atoms with E-state index in [1.54, 1.807) is 10.9 Å². The summed E-state index contributed by atoms with van der Waals surface area (Å²) < 4.78 is 5.67. The van der Waals surface area contributed by atoms with Crippen LogP contribution < -0.4 is 5.32 Å². The number of nitrogens with zero attached hydrogens (tertiary/aromatic N) is 5. The lowest BCUT2D eigenvalue weighted by Crippen LogP contribution is -2.48. The van der Waals surface area contributed by atoms with Gasteiger partial charge in [0.25, 0.3) is 0 Å².